The summed E-state index contributed by atoms with van der Waals surface area (Å²) in [7, 11) is -3.76. The summed E-state index contributed by atoms with van der Waals surface area (Å²) >= 11 is 1.31. The minimum atomic E-state index is -3.76. The van der Waals surface area contributed by atoms with Gasteiger partial charge >= 0.3 is 0 Å². The third-order valence-electron chi connectivity index (χ3n) is 4.70. The number of aromatic nitrogens is 1. The number of nitrogens with one attached hydrogen (secondary N) is 1. The zero-order valence-corrected chi connectivity index (χ0v) is 17.8. The second-order valence-corrected chi connectivity index (χ2v) is 9.21. The molecule has 1 aromatic heterocycles. The van der Waals surface area contributed by atoms with Gasteiger partial charge in [-0.15, -0.1) is 11.3 Å². The van der Waals surface area contributed by atoms with Gasteiger partial charge in [0.25, 0.3) is 10.0 Å². The molecule has 0 aliphatic rings. The number of halogens is 1. The van der Waals surface area contributed by atoms with Gasteiger partial charge in [0, 0.05) is 16.5 Å². The summed E-state index contributed by atoms with van der Waals surface area (Å²) in [5.74, 6) is -0.345. The van der Waals surface area contributed by atoms with Crippen LogP contribution >= 0.6 is 11.3 Å². The van der Waals surface area contributed by atoms with Crippen molar-refractivity contribution in [3.8, 4) is 21.8 Å². The molecule has 0 aliphatic carbocycles. The van der Waals surface area contributed by atoms with Crippen molar-refractivity contribution in [2.75, 3.05) is 4.72 Å². The number of anilines is 1. The Morgan fingerprint density at radius 1 is 0.933 bits per heavy atom. The van der Waals surface area contributed by atoms with E-state index in [0.29, 0.717) is 27.5 Å². The van der Waals surface area contributed by atoms with Crippen molar-refractivity contribution in [3.05, 3.63) is 89.6 Å². The Hall–Kier alpha value is -3.03. The highest BCUT2D eigenvalue weighted by Gasteiger charge is 2.18. The van der Waals surface area contributed by atoms with Crippen molar-refractivity contribution in [2.24, 2.45) is 0 Å². The Labute approximate surface area is 179 Å². The van der Waals surface area contributed by atoms with Crippen molar-refractivity contribution in [2.45, 2.75) is 18.2 Å². The van der Waals surface area contributed by atoms with Gasteiger partial charge in [-0.2, -0.15) is 0 Å². The number of nitrogens with zero attached hydrogens (tertiary/aromatic N) is 1. The fraction of sp³-hybridized carbons (Fsp3) is 0.0870. The van der Waals surface area contributed by atoms with E-state index in [4.69, 9.17) is 0 Å². The molecule has 152 valence electrons. The molecule has 4 nitrogen and oxygen atoms in total. The van der Waals surface area contributed by atoms with Gasteiger partial charge in [0.1, 0.15) is 10.8 Å². The van der Waals surface area contributed by atoms with E-state index in [9.17, 15) is 12.8 Å². The molecule has 0 atom stereocenters. The predicted molar refractivity (Wildman–Crippen MR) is 120 cm³/mol. The van der Waals surface area contributed by atoms with Gasteiger partial charge < -0.3 is 0 Å². The summed E-state index contributed by atoms with van der Waals surface area (Å²) in [6.45, 7) is 2.02. The molecular formula is C23H19FN2O2S2. The molecule has 0 saturated carbocycles. The lowest BCUT2D eigenvalue weighted by atomic mass is 10.1. The van der Waals surface area contributed by atoms with Gasteiger partial charge in [0.05, 0.1) is 16.3 Å². The van der Waals surface area contributed by atoms with Gasteiger partial charge in [-0.1, -0.05) is 49.4 Å². The fourth-order valence-electron chi connectivity index (χ4n) is 3.06. The molecule has 0 amide bonds. The molecule has 3 aromatic carbocycles. The van der Waals surface area contributed by atoms with Gasteiger partial charge in [-0.3, -0.25) is 4.72 Å². The molecular weight excluding hydrogens is 419 g/mol. The number of para-hydroxylation sites is 1. The van der Waals surface area contributed by atoms with Crippen LogP contribution in [0.2, 0.25) is 0 Å². The summed E-state index contributed by atoms with van der Waals surface area (Å²) in [6, 6.07) is 20.3. The first-order valence-electron chi connectivity index (χ1n) is 9.39. The van der Waals surface area contributed by atoms with Crippen LogP contribution in [0.3, 0.4) is 0 Å². The van der Waals surface area contributed by atoms with Crippen LogP contribution in [0.5, 0.6) is 0 Å². The Bertz CT molecular complexity index is 1280. The highest BCUT2D eigenvalue weighted by atomic mass is 32.2. The molecule has 4 rings (SSSR count). The lowest BCUT2D eigenvalue weighted by Crippen LogP contribution is -2.13. The van der Waals surface area contributed by atoms with Gasteiger partial charge in [0.2, 0.25) is 0 Å². The van der Waals surface area contributed by atoms with E-state index in [2.05, 4.69) is 9.71 Å². The molecule has 0 radical (unpaired) electrons. The second kappa shape index (κ2) is 8.38. The molecule has 0 bridgehead atoms. The lowest BCUT2D eigenvalue weighted by molar-refractivity contribution is 0.601. The summed E-state index contributed by atoms with van der Waals surface area (Å²) in [6.07, 6.45) is 0.838. The van der Waals surface area contributed by atoms with Gasteiger partial charge in [-0.25, -0.2) is 17.8 Å². The number of aryl methyl sites for hydroxylation is 1. The van der Waals surface area contributed by atoms with E-state index in [0.717, 1.165) is 12.0 Å². The lowest BCUT2D eigenvalue weighted by Gasteiger charge is -2.12. The Kier molecular flexibility index (Phi) is 5.65. The van der Waals surface area contributed by atoms with Gasteiger partial charge in [0.15, 0.2) is 0 Å². The number of thiazole rings is 1. The standard InChI is InChI=1S/C23H19FN2O2S2/c1-2-16-11-13-17(14-12-16)30(27,28)26-21-10-6-4-8-19(21)22-15-29-23(25-22)18-7-3-5-9-20(18)24/h3-15,26H,2H2,1H3. The number of hydrogen-bond donors (Lipinski definition) is 1. The number of hydrogen-bond acceptors (Lipinski definition) is 4. The highest BCUT2D eigenvalue weighted by molar-refractivity contribution is 7.92. The van der Waals surface area contributed by atoms with Crippen LogP contribution in [-0.4, -0.2) is 13.4 Å². The minimum absolute atomic E-state index is 0.194. The highest BCUT2D eigenvalue weighted by Crippen LogP contribution is 2.34. The summed E-state index contributed by atoms with van der Waals surface area (Å²) in [5, 5.41) is 2.33. The average molecular weight is 439 g/mol. The molecule has 0 aliphatic heterocycles. The zero-order chi connectivity index (χ0) is 21.1. The molecule has 0 saturated heterocycles. The van der Waals surface area contributed by atoms with Crippen molar-refractivity contribution in [1.82, 2.24) is 4.98 Å². The fourth-order valence-corrected chi connectivity index (χ4v) is 4.99. The van der Waals surface area contributed by atoms with E-state index in [-0.39, 0.29) is 10.7 Å². The molecule has 1 N–H and O–H groups in total. The van der Waals surface area contributed by atoms with Crippen LogP contribution in [0.1, 0.15) is 12.5 Å². The average Bonchev–Trinajstić information content (AvgIpc) is 3.24. The topological polar surface area (TPSA) is 59.1 Å². The summed E-state index contributed by atoms with van der Waals surface area (Å²) in [5.41, 5.74) is 3.12. The first-order valence-corrected chi connectivity index (χ1v) is 11.8. The largest absolute Gasteiger partial charge is 0.279 e. The van der Waals surface area contributed by atoms with Crippen molar-refractivity contribution in [3.63, 3.8) is 0 Å². The maximum absolute atomic E-state index is 14.1. The molecule has 1 heterocycles. The first kappa shape index (κ1) is 20.3. The van der Waals surface area contributed by atoms with Crippen molar-refractivity contribution in [1.29, 1.82) is 0 Å². The maximum Gasteiger partial charge on any atom is 0.261 e. The summed E-state index contributed by atoms with van der Waals surface area (Å²) in [4.78, 5) is 4.74. The minimum Gasteiger partial charge on any atom is -0.279 e. The van der Waals surface area contributed by atoms with Gasteiger partial charge in [-0.05, 0) is 42.3 Å². The Morgan fingerprint density at radius 3 is 2.30 bits per heavy atom. The molecule has 30 heavy (non-hydrogen) atoms. The monoisotopic (exact) mass is 438 g/mol. The number of benzene rings is 3. The third-order valence-corrected chi connectivity index (χ3v) is 6.95. The quantitative estimate of drug-likeness (QED) is 0.403. The smallest absolute Gasteiger partial charge is 0.261 e. The van der Waals surface area contributed by atoms with E-state index < -0.39 is 10.0 Å². The second-order valence-electron chi connectivity index (χ2n) is 6.67. The van der Waals surface area contributed by atoms with E-state index in [1.54, 1.807) is 53.9 Å². The normalized spacial score (nSPS) is 11.4. The maximum atomic E-state index is 14.1. The zero-order valence-electron chi connectivity index (χ0n) is 16.2. The summed E-state index contributed by atoms with van der Waals surface area (Å²) < 4.78 is 42.5. The molecule has 0 unspecified atom stereocenters. The van der Waals surface area contributed by atoms with Crippen LogP contribution in [0, 0.1) is 5.82 Å². The molecule has 4 aromatic rings. The van der Waals surface area contributed by atoms with Crippen LogP contribution in [-0.2, 0) is 16.4 Å². The third kappa shape index (κ3) is 4.13. The molecule has 0 fully saturated rings. The first-order chi connectivity index (χ1) is 14.5. The van der Waals surface area contributed by atoms with E-state index in [1.807, 2.05) is 25.1 Å². The van der Waals surface area contributed by atoms with Crippen molar-refractivity contribution < 1.29 is 12.8 Å². The van der Waals surface area contributed by atoms with Crippen LogP contribution in [0.4, 0.5) is 10.1 Å². The predicted octanol–water partition coefficient (Wildman–Crippen LogP) is 5.98. The molecule has 7 heteroatoms. The van der Waals surface area contributed by atoms with E-state index >= 15 is 0 Å². The molecule has 0 spiro atoms. The Balaban J connectivity index is 1.67. The van der Waals surface area contributed by atoms with Crippen LogP contribution < -0.4 is 4.72 Å². The number of sulfonamides is 1. The van der Waals surface area contributed by atoms with Crippen molar-refractivity contribution >= 4 is 27.0 Å². The number of rotatable bonds is 6. The Morgan fingerprint density at radius 2 is 1.60 bits per heavy atom. The van der Waals surface area contributed by atoms with E-state index in [1.165, 1.54) is 17.4 Å². The van der Waals surface area contributed by atoms with Crippen LogP contribution in [0.25, 0.3) is 21.8 Å². The van der Waals surface area contributed by atoms with Crippen LogP contribution in [0.15, 0.2) is 83.1 Å². The SMILES string of the molecule is CCc1ccc(S(=O)(=O)Nc2ccccc2-c2csc(-c3ccccc3F)n2)cc1.